The Morgan fingerprint density at radius 1 is 1.38 bits per heavy atom. The third-order valence-electron chi connectivity index (χ3n) is 3.82. The highest BCUT2D eigenvalue weighted by Gasteiger charge is 2.34. The summed E-state index contributed by atoms with van der Waals surface area (Å²) in [6.45, 7) is 0.679. The van der Waals surface area contributed by atoms with E-state index >= 15 is 0 Å². The van der Waals surface area contributed by atoms with Crippen LogP contribution >= 0.6 is 0 Å². The molecule has 9 heteroatoms. The quantitative estimate of drug-likeness (QED) is 0.724. The molecule has 3 N–H and O–H groups in total. The van der Waals surface area contributed by atoms with E-state index < -0.39 is 17.5 Å². The first-order valence-corrected chi connectivity index (χ1v) is 7.51. The second-order valence-corrected chi connectivity index (χ2v) is 5.46. The van der Waals surface area contributed by atoms with Gasteiger partial charge in [-0.05, 0) is 17.7 Å². The zero-order valence-electron chi connectivity index (χ0n) is 12.7. The van der Waals surface area contributed by atoms with Crippen LogP contribution in [-0.2, 0) is 16.0 Å². The van der Waals surface area contributed by atoms with Crippen LogP contribution in [0.5, 0.6) is 0 Å². The summed E-state index contributed by atoms with van der Waals surface area (Å²) < 4.78 is 13.5. The highest BCUT2D eigenvalue weighted by atomic mass is 19.1. The molecule has 1 aliphatic heterocycles. The fourth-order valence-electron chi connectivity index (χ4n) is 2.74. The van der Waals surface area contributed by atoms with Gasteiger partial charge in [-0.15, -0.1) is 0 Å². The summed E-state index contributed by atoms with van der Waals surface area (Å²) in [4.78, 5) is 39.6. The maximum Gasteiger partial charge on any atom is 0.340 e. The highest BCUT2D eigenvalue weighted by molar-refractivity contribution is 5.89. The lowest BCUT2D eigenvalue weighted by molar-refractivity contribution is -0.143. The van der Waals surface area contributed by atoms with E-state index in [9.17, 15) is 18.8 Å². The summed E-state index contributed by atoms with van der Waals surface area (Å²) in [5.41, 5.74) is -0.0128. The number of aryl methyl sites for hydroxylation is 1. The molecule has 1 aliphatic rings. The van der Waals surface area contributed by atoms with Crippen molar-refractivity contribution < 1.29 is 14.0 Å². The average Bonchev–Trinajstić information content (AvgIpc) is 2.98. The van der Waals surface area contributed by atoms with Crippen LogP contribution in [0, 0.1) is 5.82 Å². The molecular weight excluding hydrogens is 317 g/mol. The van der Waals surface area contributed by atoms with Crippen molar-refractivity contribution in [3.05, 3.63) is 52.0 Å². The van der Waals surface area contributed by atoms with E-state index in [1.54, 1.807) is 6.07 Å². The number of nitrogens with zero attached hydrogens (tertiary/aromatic N) is 2. The van der Waals surface area contributed by atoms with Gasteiger partial charge in [0.05, 0.1) is 0 Å². The standard InChI is InChI=1S/C15H16FN5O3/c16-10-3-1-2-9(8-10)13-14(23)17-6-7-21(13)12(22)5-4-11-18-15(24)20-19-11/h1-3,8,13H,4-7H2,(H,17,23)(H2,18,19,20,24). The molecule has 0 saturated carbocycles. The summed E-state index contributed by atoms with van der Waals surface area (Å²) >= 11 is 0. The smallest absolute Gasteiger partial charge is 0.340 e. The fourth-order valence-corrected chi connectivity index (χ4v) is 2.74. The lowest BCUT2D eigenvalue weighted by atomic mass is 10.0. The molecule has 0 bridgehead atoms. The SMILES string of the molecule is O=C1NCCN(C(=O)CCc2n[nH]c(=O)[nH]2)C1c1cccc(F)c1. The molecule has 1 fully saturated rings. The number of piperazine rings is 1. The Balaban J connectivity index is 1.76. The van der Waals surface area contributed by atoms with Crippen LogP contribution in [0.15, 0.2) is 29.1 Å². The van der Waals surface area contributed by atoms with Crippen LogP contribution in [0.4, 0.5) is 4.39 Å². The number of nitrogens with one attached hydrogen (secondary N) is 3. The van der Waals surface area contributed by atoms with E-state index in [0.717, 1.165) is 0 Å². The number of carbonyl (C=O) groups excluding carboxylic acids is 2. The summed E-state index contributed by atoms with van der Waals surface area (Å²) in [5.74, 6) is -0.694. The predicted molar refractivity (Wildman–Crippen MR) is 81.4 cm³/mol. The van der Waals surface area contributed by atoms with Crippen LogP contribution < -0.4 is 11.0 Å². The van der Waals surface area contributed by atoms with Gasteiger partial charge in [-0.3, -0.25) is 14.6 Å². The normalized spacial score (nSPS) is 17.6. The Hall–Kier alpha value is -2.97. The molecule has 0 radical (unpaired) electrons. The highest BCUT2D eigenvalue weighted by Crippen LogP contribution is 2.24. The number of aromatic nitrogens is 3. The van der Waals surface area contributed by atoms with Crippen LogP contribution in [0.25, 0.3) is 0 Å². The van der Waals surface area contributed by atoms with E-state index in [1.165, 1.54) is 23.1 Å². The minimum absolute atomic E-state index is 0.0832. The van der Waals surface area contributed by atoms with E-state index in [4.69, 9.17) is 0 Å². The molecular formula is C15H16FN5O3. The zero-order valence-corrected chi connectivity index (χ0v) is 12.7. The Bertz CT molecular complexity index is 815. The van der Waals surface area contributed by atoms with Crippen LogP contribution in [0.1, 0.15) is 23.9 Å². The van der Waals surface area contributed by atoms with E-state index in [0.29, 0.717) is 24.5 Å². The summed E-state index contributed by atoms with van der Waals surface area (Å²) in [5, 5.41) is 8.66. The van der Waals surface area contributed by atoms with Gasteiger partial charge in [-0.25, -0.2) is 14.3 Å². The van der Waals surface area contributed by atoms with E-state index in [2.05, 4.69) is 20.5 Å². The van der Waals surface area contributed by atoms with Crippen molar-refractivity contribution in [2.45, 2.75) is 18.9 Å². The molecule has 1 unspecified atom stereocenters. The molecule has 2 amide bonds. The Morgan fingerprint density at radius 3 is 2.92 bits per heavy atom. The Labute approximate surface area is 136 Å². The second kappa shape index (κ2) is 6.65. The number of hydrogen-bond donors (Lipinski definition) is 3. The minimum Gasteiger partial charge on any atom is -0.352 e. The molecule has 2 heterocycles. The summed E-state index contributed by atoms with van der Waals surface area (Å²) in [7, 11) is 0. The Kier molecular flexibility index (Phi) is 4.41. The average molecular weight is 333 g/mol. The molecule has 8 nitrogen and oxygen atoms in total. The molecule has 2 aromatic rings. The predicted octanol–water partition coefficient (Wildman–Crippen LogP) is -0.131. The van der Waals surface area contributed by atoms with E-state index in [1.807, 2.05) is 0 Å². The van der Waals surface area contributed by atoms with Gasteiger partial charge in [0, 0.05) is 25.9 Å². The van der Waals surface area contributed by atoms with Crippen LogP contribution in [0.2, 0.25) is 0 Å². The van der Waals surface area contributed by atoms with Gasteiger partial charge < -0.3 is 10.2 Å². The maximum atomic E-state index is 13.5. The lowest BCUT2D eigenvalue weighted by Gasteiger charge is -2.35. The van der Waals surface area contributed by atoms with E-state index in [-0.39, 0.29) is 24.7 Å². The summed E-state index contributed by atoms with van der Waals surface area (Å²) in [6, 6.07) is 4.79. The van der Waals surface area contributed by atoms with Gasteiger partial charge in [-0.1, -0.05) is 12.1 Å². The topological polar surface area (TPSA) is 111 Å². The molecule has 3 rings (SSSR count). The third kappa shape index (κ3) is 3.34. The summed E-state index contributed by atoms with van der Waals surface area (Å²) in [6.07, 6.45) is 0.325. The van der Waals surface area contributed by atoms with Crippen LogP contribution in [0.3, 0.4) is 0 Å². The molecule has 0 aliphatic carbocycles. The van der Waals surface area contributed by atoms with Crippen molar-refractivity contribution in [3.63, 3.8) is 0 Å². The van der Waals surface area contributed by atoms with Crippen LogP contribution in [-0.4, -0.2) is 45.0 Å². The largest absolute Gasteiger partial charge is 0.352 e. The monoisotopic (exact) mass is 333 g/mol. The molecule has 1 aromatic carbocycles. The molecule has 1 atom stereocenters. The zero-order chi connectivity index (χ0) is 17.1. The molecule has 126 valence electrons. The number of aromatic amines is 2. The van der Waals surface area contributed by atoms with Crippen molar-refractivity contribution >= 4 is 11.8 Å². The number of rotatable bonds is 4. The molecule has 1 saturated heterocycles. The van der Waals surface area contributed by atoms with Gasteiger partial charge in [0.1, 0.15) is 17.7 Å². The third-order valence-corrected chi connectivity index (χ3v) is 3.82. The number of halogens is 1. The van der Waals surface area contributed by atoms with Gasteiger partial charge in [0.15, 0.2) is 0 Å². The number of hydrogen-bond acceptors (Lipinski definition) is 4. The van der Waals surface area contributed by atoms with Gasteiger partial charge in [-0.2, -0.15) is 5.10 Å². The minimum atomic E-state index is -0.861. The lowest BCUT2D eigenvalue weighted by Crippen LogP contribution is -2.52. The van der Waals surface area contributed by atoms with Crippen molar-refractivity contribution in [1.29, 1.82) is 0 Å². The maximum absolute atomic E-state index is 13.5. The van der Waals surface area contributed by atoms with Gasteiger partial charge in [0.2, 0.25) is 11.8 Å². The van der Waals surface area contributed by atoms with Crippen molar-refractivity contribution in [2.75, 3.05) is 13.1 Å². The first-order chi connectivity index (χ1) is 11.5. The second-order valence-electron chi connectivity index (χ2n) is 5.46. The number of benzene rings is 1. The van der Waals surface area contributed by atoms with Crippen molar-refractivity contribution in [3.8, 4) is 0 Å². The fraction of sp³-hybridized carbons (Fsp3) is 0.333. The van der Waals surface area contributed by atoms with Gasteiger partial charge in [0.25, 0.3) is 0 Å². The van der Waals surface area contributed by atoms with Gasteiger partial charge >= 0.3 is 5.69 Å². The Morgan fingerprint density at radius 2 is 2.21 bits per heavy atom. The first-order valence-electron chi connectivity index (χ1n) is 7.51. The number of H-pyrrole nitrogens is 2. The number of carbonyl (C=O) groups is 2. The molecule has 24 heavy (non-hydrogen) atoms. The molecule has 1 aromatic heterocycles. The van der Waals surface area contributed by atoms with Crippen molar-refractivity contribution in [1.82, 2.24) is 25.4 Å². The number of amides is 2. The molecule has 0 spiro atoms. The van der Waals surface area contributed by atoms with Crippen molar-refractivity contribution in [2.24, 2.45) is 0 Å². The first kappa shape index (κ1) is 15.9.